The molecular formula is C17H16N2O2. The monoisotopic (exact) mass is 280 g/mol. The first kappa shape index (κ1) is 13.4. The molecule has 3 aromatic rings. The van der Waals surface area contributed by atoms with Gasteiger partial charge in [-0.3, -0.25) is 0 Å². The molecule has 4 nitrogen and oxygen atoms in total. The van der Waals surface area contributed by atoms with E-state index in [2.05, 4.69) is 5.10 Å². The predicted molar refractivity (Wildman–Crippen MR) is 80.5 cm³/mol. The number of para-hydroxylation sites is 1. The summed E-state index contributed by atoms with van der Waals surface area (Å²) in [6, 6.07) is 14.8. The van der Waals surface area contributed by atoms with Crippen molar-refractivity contribution in [2.45, 2.75) is 13.0 Å². The van der Waals surface area contributed by atoms with Gasteiger partial charge in [-0.15, -0.1) is 0 Å². The lowest BCUT2D eigenvalue weighted by atomic mass is 10.0. The maximum absolute atomic E-state index is 10.4. The van der Waals surface area contributed by atoms with Crippen LogP contribution in [0.1, 0.15) is 22.8 Å². The van der Waals surface area contributed by atoms with E-state index in [1.165, 1.54) is 0 Å². The Morgan fingerprint density at radius 3 is 2.62 bits per heavy atom. The molecular weight excluding hydrogens is 264 g/mol. The van der Waals surface area contributed by atoms with Gasteiger partial charge >= 0.3 is 0 Å². The summed E-state index contributed by atoms with van der Waals surface area (Å²) < 4.78 is 1.70. The van der Waals surface area contributed by atoms with Crippen molar-refractivity contribution in [1.29, 1.82) is 0 Å². The molecule has 0 aliphatic carbocycles. The number of phenols is 1. The summed E-state index contributed by atoms with van der Waals surface area (Å²) in [5, 5.41) is 24.6. The van der Waals surface area contributed by atoms with E-state index < -0.39 is 6.10 Å². The third-order valence-corrected chi connectivity index (χ3v) is 3.42. The second-order valence-electron chi connectivity index (χ2n) is 5.02. The van der Waals surface area contributed by atoms with E-state index in [-0.39, 0.29) is 5.75 Å². The van der Waals surface area contributed by atoms with Crippen LogP contribution in [0.25, 0.3) is 5.69 Å². The molecule has 2 aromatic carbocycles. The fourth-order valence-corrected chi connectivity index (χ4v) is 2.27. The summed E-state index contributed by atoms with van der Waals surface area (Å²) in [5.74, 6) is 0.0839. The number of aromatic hydroxyl groups is 1. The molecule has 1 aromatic heterocycles. The standard InChI is InChI=1S/C17H16N2O2/c1-12-7-8-16(20)15(9-12)17(21)13-10-18-19(11-13)14-5-3-2-4-6-14/h2-11,17,20-21H,1H3/t17-/m0/s1. The second kappa shape index (κ2) is 5.42. The Morgan fingerprint density at radius 2 is 1.86 bits per heavy atom. The highest BCUT2D eigenvalue weighted by Crippen LogP contribution is 2.30. The van der Waals surface area contributed by atoms with Gasteiger partial charge in [0.15, 0.2) is 0 Å². The van der Waals surface area contributed by atoms with Crippen molar-refractivity contribution >= 4 is 0 Å². The number of hydrogen-bond donors (Lipinski definition) is 2. The van der Waals surface area contributed by atoms with Gasteiger partial charge in [0.1, 0.15) is 11.9 Å². The van der Waals surface area contributed by atoms with Gasteiger partial charge in [0, 0.05) is 17.3 Å². The van der Waals surface area contributed by atoms with E-state index in [0.29, 0.717) is 11.1 Å². The Labute approximate surface area is 122 Å². The minimum Gasteiger partial charge on any atom is -0.508 e. The third-order valence-electron chi connectivity index (χ3n) is 3.42. The normalized spacial score (nSPS) is 12.3. The molecule has 0 saturated heterocycles. The molecule has 3 rings (SSSR count). The minimum atomic E-state index is -0.901. The van der Waals surface area contributed by atoms with Gasteiger partial charge in [-0.1, -0.05) is 29.8 Å². The fourth-order valence-electron chi connectivity index (χ4n) is 2.27. The minimum absolute atomic E-state index is 0.0839. The highest BCUT2D eigenvalue weighted by atomic mass is 16.3. The van der Waals surface area contributed by atoms with Crippen LogP contribution in [0.5, 0.6) is 5.75 Å². The van der Waals surface area contributed by atoms with Crippen molar-refractivity contribution < 1.29 is 10.2 Å². The highest BCUT2D eigenvalue weighted by Gasteiger charge is 2.16. The largest absolute Gasteiger partial charge is 0.508 e. The van der Waals surface area contributed by atoms with Crippen LogP contribution in [0.2, 0.25) is 0 Å². The van der Waals surface area contributed by atoms with Gasteiger partial charge < -0.3 is 10.2 Å². The quantitative estimate of drug-likeness (QED) is 0.775. The van der Waals surface area contributed by atoms with Crippen molar-refractivity contribution in [3.05, 3.63) is 77.6 Å². The van der Waals surface area contributed by atoms with Crippen LogP contribution in [0.3, 0.4) is 0 Å². The molecule has 106 valence electrons. The van der Waals surface area contributed by atoms with Crippen LogP contribution in [0.4, 0.5) is 0 Å². The second-order valence-corrected chi connectivity index (χ2v) is 5.02. The molecule has 1 heterocycles. The van der Waals surface area contributed by atoms with E-state index in [9.17, 15) is 10.2 Å². The lowest BCUT2D eigenvalue weighted by Crippen LogP contribution is -1.99. The fraction of sp³-hybridized carbons (Fsp3) is 0.118. The lowest BCUT2D eigenvalue weighted by molar-refractivity contribution is 0.215. The van der Waals surface area contributed by atoms with Gasteiger partial charge in [-0.25, -0.2) is 4.68 Å². The van der Waals surface area contributed by atoms with E-state index in [1.54, 1.807) is 35.3 Å². The maximum Gasteiger partial charge on any atom is 0.121 e. The molecule has 1 atom stereocenters. The molecule has 0 unspecified atom stereocenters. The van der Waals surface area contributed by atoms with Crippen LogP contribution in [0.15, 0.2) is 60.9 Å². The van der Waals surface area contributed by atoms with Crippen molar-refractivity contribution in [3.63, 3.8) is 0 Å². The summed E-state index contributed by atoms with van der Waals surface area (Å²) in [4.78, 5) is 0. The molecule has 0 amide bonds. The molecule has 0 aliphatic heterocycles. The molecule has 4 heteroatoms. The highest BCUT2D eigenvalue weighted by molar-refractivity contribution is 5.41. The van der Waals surface area contributed by atoms with E-state index in [0.717, 1.165) is 11.3 Å². The van der Waals surface area contributed by atoms with Crippen LogP contribution < -0.4 is 0 Å². The van der Waals surface area contributed by atoms with Gasteiger partial charge in [-0.05, 0) is 31.2 Å². The number of hydrogen-bond acceptors (Lipinski definition) is 3. The van der Waals surface area contributed by atoms with E-state index >= 15 is 0 Å². The smallest absolute Gasteiger partial charge is 0.121 e. The topological polar surface area (TPSA) is 58.3 Å². The zero-order valence-electron chi connectivity index (χ0n) is 11.6. The average Bonchev–Trinajstić information content (AvgIpc) is 3.00. The third kappa shape index (κ3) is 2.66. The maximum atomic E-state index is 10.4. The van der Waals surface area contributed by atoms with E-state index in [4.69, 9.17) is 0 Å². The number of phenolic OH excluding ortho intramolecular Hbond substituents is 1. The number of nitrogens with zero attached hydrogens (tertiary/aromatic N) is 2. The van der Waals surface area contributed by atoms with Crippen LogP contribution in [-0.4, -0.2) is 20.0 Å². The van der Waals surface area contributed by atoms with Crippen molar-refractivity contribution in [2.24, 2.45) is 0 Å². The molecule has 21 heavy (non-hydrogen) atoms. The van der Waals surface area contributed by atoms with Crippen molar-refractivity contribution in [3.8, 4) is 11.4 Å². The van der Waals surface area contributed by atoms with Gasteiger partial charge in [0.25, 0.3) is 0 Å². The SMILES string of the molecule is Cc1ccc(O)c([C@@H](O)c2cnn(-c3ccccc3)c2)c1. The number of rotatable bonds is 3. The molecule has 2 N–H and O–H groups in total. The van der Waals surface area contributed by atoms with Gasteiger partial charge in [0.05, 0.1) is 11.9 Å². The number of aliphatic hydroxyl groups is 1. The molecule has 0 aliphatic rings. The van der Waals surface area contributed by atoms with Crippen LogP contribution in [0, 0.1) is 6.92 Å². The Hall–Kier alpha value is -2.59. The van der Waals surface area contributed by atoms with Crippen LogP contribution >= 0.6 is 0 Å². The average molecular weight is 280 g/mol. The zero-order valence-corrected chi connectivity index (χ0v) is 11.6. The molecule has 0 fully saturated rings. The molecule has 0 bridgehead atoms. The molecule has 0 spiro atoms. The van der Waals surface area contributed by atoms with Gasteiger partial charge in [-0.2, -0.15) is 5.10 Å². The number of aliphatic hydroxyl groups excluding tert-OH is 1. The Balaban J connectivity index is 1.94. The summed E-state index contributed by atoms with van der Waals surface area (Å²) in [6.07, 6.45) is 2.48. The molecule has 0 saturated carbocycles. The van der Waals surface area contributed by atoms with E-state index in [1.807, 2.05) is 37.3 Å². The summed E-state index contributed by atoms with van der Waals surface area (Å²) >= 11 is 0. The van der Waals surface area contributed by atoms with Crippen molar-refractivity contribution in [1.82, 2.24) is 9.78 Å². The summed E-state index contributed by atoms with van der Waals surface area (Å²) in [5.41, 5.74) is 3.03. The number of benzene rings is 2. The first-order valence-electron chi connectivity index (χ1n) is 6.73. The van der Waals surface area contributed by atoms with Crippen LogP contribution in [-0.2, 0) is 0 Å². The first-order chi connectivity index (χ1) is 10.1. The summed E-state index contributed by atoms with van der Waals surface area (Å²) in [6.45, 7) is 1.92. The molecule has 0 radical (unpaired) electrons. The first-order valence-corrected chi connectivity index (χ1v) is 6.73. The number of aryl methyl sites for hydroxylation is 1. The van der Waals surface area contributed by atoms with Crippen molar-refractivity contribution in [2.75, 3.05) is 0 Å². The lowest BCUT2D eigenvalue weighted by Gasteiger charge is -2.11. The number of aromatic nitrogens is 2. The summed E-state index contributed by atoms with van der Waals surface area (Å²) in [7, 11) is 0. The Bertz CT molecular complexity index is 750. The Morgan fingerprint density at radius 1 is 1.10 bits per heavy atom. The zero-order chi connectivity index (χ0) is 14.8. The Kier molecular flexibility index (Phi) is 3.46. The predicted octanol–water partition coefficient (Wildman–Crippen LogP) is 2.97. The van der Waals surface area contributed by atoms with Gasteiger partial charge in [0.2, 0.25) is 0 Å².